The summed E-state index contributed by atoms with van der Waals surface area (Å²) in [5.74, 6) is 1.01. The summed E-state index contributed by atoms with van der Waals surface area (Å²) in [5.41, 5.74) is 2.53. The number of allylic oxidation sites excluding steroid dienone is 1. The Morgan fingerprint density at radius 3 is 3.27 bits per heavy atom. The van der Waals surface area contributed by atoms with E-state index in [4.69, 9.17) is 0 Å². The fraction of sp³-hybridized carbons (Fsp3) is 0.222. The van der Waals surface area contributed by atoms with Gasteiger partial charge in [-0.1, -0.05) is 6.08 Å². The van der Waals surface area contributed by atoms with Crippen LogP contribution in [0.15, 0.2) is 24.4 Å². The van der Waals surface area contributed by atoms with E-state index in [1.54, 1.807) is 0 Å². The number of nitrogens with one attached hydrogen (secondary N) is 1. The van der Waals surface area contributed by atoms with Crippen molar-refractivity contribution in [3.8, 4) is 0 Å². The molecule has 1 aromatic heterocycles. The SMILES string of the molecule is CC1=CCNc2ncccc21. The normalized spacial score (nSPS) is 14.8. The van der Waals surface area contributed by atoms with Crippen molar-refractivity contribution in [3.05, 3.63) is 30.0 Å². The van der Waals surface area contributed by atoms with E-state index >= 15 is 0 Å². The third-order valence-corrected chi connectivity index (χ3v) is 1.91. The zero-order chi connectivity index (χ0) is 7.68. The Morgan fingerprint density at radius 1 is 1.55 bits per heavy atom. The van der Waals surface area contributed by atoms with Crippen LogP contribution in [0.1, 0.15) is 12.5 Å². The molecule has 0 radical (unpaired) electrons. The number of anilines is 1. The molecule has 0 saturated carbocycles. The van der Waals surface area contributed by atoms with Crippen LogP contribution in [0.2, 0.25) is 0 Å². The molecule has 0 amide bonds. The highest BCUT2D eigenvalue weighted by atomic mass is 15.0. The van der Waals surface area contributed by atoms with Crippen molar-refractivity contribution in [1.82, 2.24) is 4.98 Å². The van der Waals surface area contributed by atoms with Crippen LogP contribution in [0, 0.1) is 0 Å². The topological polar surface area (TPSA) is 24.9 Å². The van der Waals surface area contributed by atoms with Gasteiger partial charge in [0.15, 0.2) is 0 Å². The zero-order valence-corrected chi connectivity index (χ0v) is 6.46. The molecule has 2 heterocycles. The first-order valence-electron chi connectivity index (χ1n) is 3.74. The molecule has 2 heteroatoms. The maximum Gasteiger partial charge on any atom is 0.133 e. The van der Waals surface area contributed by atoms with Gasteiger partial charge in [0.05, 0.1) is 0 Å². The third-order valence-electron chi connectivity index (χ3n) is 1.91. The summed E-state index contributed by atoms with van der Waals surface area (Å²) in [5, 5.41) is 3.21. The Balaban J connectivity index is 2.56. The highest BCUT2D eigenvalue weighted by Crippen LogP contribution is 2.23. The van der Waals surface area contributed by atoms with Gasteiger partial charge >= 0.3 is 0 Å². The molecule has 0 unspecified atom stereocenters. The van der Waals surface area contributed by atoms with Crippen molar-refractivity contribution in [2.45, 2.75) is 6.92 Å². The predicted molar refractivity (Wildman–Crippen MR) is 46.4 cm³/mol. The number of aromatic nitrogens is 1. The maximum absolute atomic E-state index is 4.22. The van der Waals surface area contributed by atoms with Gasteiger partial charge in [-0.3, -0.25) is 0 Å². The van der Waals surface area contributed by atoms with Crippen molar-refractivity contribution < 1.29 is 0 Å². The first-order valence-corrected chi connectivity index (χ1v) is 3.74. The van der Waals surface area contributed by atoms with Gasteiger partial charge < -0.3 is 5.32 Å². The Hall–Kier alpha value is -1.31. The summed E-state index contributed by atoms with van der Waals surface area (Å²) in [7, 11) is 0. The summed E-state index contributed by atoms with van der Waals surface area (Å²) in [6.07, 6.45) is 3.98. The zero-order valence-electron chi connectivity index (χ0n) is 6.46. The second-order valence-electron chi connectivity index (χ2n) is 2.67. The lowest BCUT2D eigenvalue weighted by atomic mass is 10.1. The van der Waals surface area contributed by atoms with Crippen molar-refractivity contribution in [3.63, 3.8) is 0 Å². The van der Waals surface area contributed by atoms with Gasteiger partial charge in [-0.25, -0.2) is 4.98 Å². The quantitative estimate of drug-likeness (QED) is 0.604. The number of fused-ring (bicyclic) bond motifs is 1. The fourth-order valence-corrected chi connectivity index (χ4v) is 1.28. The van der Waals surface area contributed by atoms with E-state index in [1.165, 1.54) is 11.1 Å². The molecule has 0 fully saturated rings. The second kappa shape index (κ2) is 2.38. The number of nitrogens with zero attached hydrogens (tertiary/aromatic N) is 1. The molecule has 0 aliphatic carbocycles. The lowest BCUT2D eigenvalue weighted by molar-refractivity contribution is 1.19. The Bertz CT molecular complexity index is 302. The summed E-state index contributed by atoms with van der Waals surface area (Å²) in [4.78, 5) is 4.22. The number of hydrogen-bond donors (Lipinski definition) is 1. The Labute approximate surface area is 66.0 Å². The molecule has 0 bridgehead atoms. The van der Waals surface area contributed by atoms with Crippen molar-refractivity contribution in [2.75, 3.05) is 11.9 Å². The van der Waals surface area contributed by atoms with Crippen LogP contribution in [0.5, 0.6) is 0 Å². The minimum atomic E-state index is 0.899. The molecular formula is C9H10N2. The standard InChI is InChI=1S/C9H10N2/c1-7-4-6-11-9-8(7)3-2-5-10-9/h2-5H,6H2,1H3,(H,10,11). The molecule has 1 aromatic rings. The third kappa shape index (κ3) is 1.00. The summed E-state index contributed by atoms with van der Waals surface area (Å²) >= 11 is 0. The molecule has 0 spiro atoms. The minimum Gasteiger partial charge on any atom is -0.366 e. The molecule has 1 N–H and O–H groups in total. The minimum absolute atomic E-state index is 0.899. The van der Waals surface area contributed by atoms with Gasteiger partial charge in [-0.15, -0.1) is 0 Å². The second-order valence-corrected chi connectivity index (χ2v) is 2.67. The van der Waals surface area contributed by atoms with Crippen LogP contribution in [-0.4, -0.2) is 11.5 Å². The molecule has 0 atom stereocenters. The first kappa shape index (κ1) is 6.40. The largest absolute Gasteiger partial charge is 0.366 e. The molecular weight excluding hydrogens is 136 g/mol. The van der Waals surface area contributed by atoms with E-state index in [1.807, 2.05) is 12.3 Å². The lowest BCUT2D eigenvalue weighted by Crippen LogP contribution is -2.08. The van der Waals surface area contributed by atoms with Gasteiger partial charge in [-0.05, 0) is 24.6 Å². The van der Waals surface area contributed by atoms with Crippen LogP contribution in [0.25, 0.3) is 5.57 Å². The van der Waals surface area contributed by atoms with Gasteiger partial charge in [0.1, 0.15) is 5.82 Å². The van der Waals surface area contributed by atoms with E-state index in [0.717, 1.165) is 12.4 Å². The summed E-state index contributed by atoms with van der Waals surface area (Å²) in [6, 6.07) is 4.05. The van der Waals surface area contributed by atoms with Crippen LogP contribution < -0.4 is 5.32 Å². The van der Waals surface area contributed by atoms with Crippen LogP contribution in [-0.2, 0) is 0 Å². The van der Waals surface area contributed by atoms with E-state index in [0.29, 0.717) is 0 Å². The van der Waals surface area contributed by atoms with E-state index in [9.17, 15) is 0 Å². The van der Waals surface area contributed by atoms with Gasteiger partial charge in [0.2, 0.25) is 0 Å². The fourth-order valence-electron chi connectivity index (χ4n) is 1.28. The maximum atomic E-state index is 4.22. The molecule has 11 heavy (non-hydrogen) atoms. The first-order chi connectivity index (χ1) is 5.38. The Morgan fingerprint density at radius 2 is 2.45 bits per heavy atom. The van der Waals surface area contributed by atoms with Gasteiger partial charge in [-0.2, -0.15) is 0 Å². The van der Waals surface area contributed by atoms with Crippen LogP contribution in [0.3, 0.4) is 0 Å². The molecule has 0 saturated heterocycles. The number of hydrogen-bond acceptors (Lipinski definition) is 2. The highest BCUT2D eigenvalue weighted by molar-refractivity contribution is 5.75. The molecule has 1 aliphatic heterocycles. The molecule has 2 nitrogen and oxygen atoms in total. The van der Waals surface area contributed by atoms with Crippen LogP contribution in [0.4, 0.5) is 5.82 Å². The van der Waals surface area contributed by atoms with Crippen molar-refractivity contribution in [1.29, 1.82) is 0 Å². The lowest BCUT2D eigenvalue weighted by Gasteiger charge is -2.14. The van der Waals surface area contributed by atoms with E-state index in [-0.39, 0.29) is 0 Å². The monoisotopic (exact) mass is 146 g/mol. The molecule has 2 rings (SSSR count). The molecule has 0 aromatic carbocycles. The van der Waals surface area contributed by atoms with Crippen molar-refractivity contribution >= 4 is 11.4 Å². The smallest absolute Gasteiger partial charge is 0.133 e. The number of rotatable bonds is 0. The summed E-state index contributed by atoms with van der Waals surface area (Å²) in [6.45, 7) is 3.01. The van der Waals surface area contributed by atoms with E-state index < -0.39 is 0 Å². The summed E-state index contributed by atoms with van der Waals surface area (Å²) < 4.78 is 0. The number of pyridine rings is 1. The Kier molecular flexibility index (Phi) is 1.39. The molecule has 1 aliphatic rings. The molecule has 56 valence electrons. The predicted octanol–water partition coefficient (Wildman–Crippen LogP) is 1.91. The average Bonchev–Trinajstić information content (AvgIpc) is 2.06. The average molecular weight is 146 g/mol. The van der Waals surface area contributed by atoms with Gasteiger partial charge in [0.25, 0.3) is 0 Å². The van der Waals surface area contributed by atoms with Crippen LogP contribution >= 0.6 is 0 Å². The van der Waals surface area contributed by atoms with Crippen molar-refractivity contribution in [2.24, 2.45) is 0 Å². The highest BCUT2D eigenvalue weighted by Gasteiger charge is 2.07. The van der Waals surface area contributed by atoms with Gasteiger partial charge in [0, 0.05) is 18.3 Å². The van der Waals surface area contributed by atoms with E-state index in [2.05, 4.69) is 29.4 Å².